The molecule has 0 aromatic rings. The van der Waals surface area contributed by atoms with E-state index in [9.17, 15) is 13.6 Å². The van der Waals surface area contributed by atoms with E-state index in [0.29, 0.717) is 0 Å². The zero-order valence-electron chi connectivity index (χ0n) is 8.52. The van der Waals surface area contributed by atoms with E-state index in [0.717, 1.165) is 0 Å². The van der Waals surface area contributed by atoms with Crippen molar-refractivity contribution in [1.29, 1.82) is 0 Å². The summed E-state index contributed by atoms with van der Waals surface area (Å²) in [4.78, 5) is 12.8. The first kappa shape index (κ1) is 11.4. The van der Waals surface area contributed by atoms with Gasteiger partial charge in [-0.1, -0.05) is 0 Å². The molecule has 1 heterocycles. The van der Waals surface area contributed by atoms with Crippen molar-refractivity contribution in [1.82, 2.24) is 4.90 Å². The summed E-state index contributed by atoms with van der Waals surface area (Å²) >= 11 is 0. The first-order valence-corrected chi connectivity index (χ1v) is 4.68. The standard InChI is InChI=1S/C9H16F2N2O/c1-8(2,7(12)14)13-5-3-9(10,11)4-6-13/h3-6H2,1-2H3,(H2,12,14). The minimum Gasteiger partial charge on any atom is -0.368 e. The predicted octanol–water partition coefficient (Wildman–Crippen LogP) is 0.981. The Morgan fingerprint density at radius 1 is 1.36 bits per heavy atom. The van der Waals surface area contributed by atoms with Crippen molar-refractivity contribution in [2.45, 2.75) is 38.2 Å². The van der Waals surface area contributed by atoms with Crippen LogP contribution in [0.2, 0.25) is 0 Å². The van der Waals surface area contributed by atoms with Gasteiger partial charge in [-0.3, -0.25) is 9.69 Å². The molecule has 14 heavy (non-hydrogen) atoms. The fraction of sp³-hybridized carbons (Fsp3) is 0.889. The molecular weight excluding hydrogens is 190 g/mol. The molecule has 0 radical (unpaired) electrons. The van der Waals surface area contributed by atoms with Crippen molar-refractivity contribution in [2.24, 2.45) is 5.73 Å². The number of alkyl halides is 2. The number of likely N-dealkylation sites (tertiary alicyclic amines) is 1. The minimum atomic E-state index is -2.58. The normalized spacial score (nSPS) is 23.4. The molecule has 0 unspecified atom stereocenters. The van der Waals surface area contributed by atoms with Crippen molar-refractivity contribution < 1.29 is 13.6 Å². The van der Waals surface area contributed by atoms with Crippen LogP contribution in [0.1, 0.15) is 26.7 Å². The number of rotatable bonds is 2. The molecule has 5 heteroatoms. The van der Waals surface area contributed by atoms with Gasteiger partial charge in [0.2, 0.25) is 5.91 Å². The van der Waals surface area contributed by atoms with Crippen LogP contribution in [-0.4, -0.2) is 35.4 Å². The smallest absolute Gasteiger partial charge is 0.250 e. The van der Waals surface area contributed by atoms with Crippen LogP contribution < -0.4 is 5.73 Å². The average Bonchev–Trinajstić information content (AvgIpc) is 2.03. The van der Waals surface area contributed by atoms with E-state index in [2.05, 4.69) is 0 Å². The molecule has 0 bridgehead atoms. The predicted molar refractivity (Wildman–Crippen MR) is 49.0 cm³/mol. The molecule has 2 N–H and O–H groups in total. The van der Waals surface area contributed by atoms with Crippen LogP contribution in [0.25, 0.3) is 0 Å². The molecular formula is C9H16F2N2O. The Labute approximate surface area is 82.2 Å². The van der Waals surface area contributed by atoms with Gasteiger partial charge in [0.05, 0.1) is 5.54 Å². The Balaban J connectivity index is 2.62. The zero-order valence-corrected chi connectivity index (χ0v) is 8.52. The average molecular weight is 206 g/mol. The SMILES string of the molecule is CC(C)(C(N)=O)N1CCC(F)(F)CC1. The van der Waals surface area contributed by atoms with Gasteiger partial charge < -0.3 is 5.73 Å². The highest BCUT2D eigenvalue weighted by Gasteiger charge is 2.41. The van der Waals surface area contributed by atoms with Gasteiger partial charge in [-0.25, -0.2) is 8.78 Å². The topological polar surface area (TPSA) is 46.3 Å². The molecule has 1 fully saturated rings. The molecule has 0 aromatic carbocycles. The fourth-order valence-electron chi connectivity index (χ4n) is 1.55. The lowest BCUT2D eigenvalue weighted by atomic mass is 9.96. The number of hydrogen-bond acceptors (Lipinski definition) is 2. The Morgan fingerprint density at radius 3 is 2.14 bits per heavy atom. The summed E-state index contributed by atoms with van der Waals surface area (Å²) in [7, 11) is 0. The quantitative estimate of drug-likeness (QED) is 0.732. The highest BCUT2D eigenvalue weighted by atomic mass is 19.3. The van der Waals surface area contributed by atoms with Gasteiger partial charge in [0.25, 0.3) is 5.92 Å². The zero-order chi connectivity index (χ0) is 11.0. The van der Waals surface area contributed by atoms with E-state index < -0.39 is 17.4 Å². The second-order valence-electron chi connectivity index (χ2n) is 4.27. The van der Waals surface area contributed by atoms with Crippen LogP contribution in [-0.2, 0) is 4.79 Å². The van der Waals surface area contributed by atoms with E-state index in [1.807, 2.05) is 0 Å². The number of primary amides is 1. The second kappa shape index (κ2) is 3.46. The number of carbonyl (C=O) groups excluding carboxylic acids is 1. The maximum atomic E-state index is 12.8. The summed E-state index contributed by atoms with van der Waals surface area (Å²) in [5.41, 5.74) is 4.38. The van der Waals surface area contributed by atoms with E-state index >= 15 is 0 Å². The second-order valence-corrected chi connectivity index (χ2v) is 4.27. The molecule has 0 aromatic heterocycles. The van der Waals surface area contributed by atoms with Crippen molar-refractivity contribution in [3.63, 3.8) is 0 Å². The van der Waals surface area contributed by atoms with E-state index in [-0.39, 0.29) is 25.9 Å². The molecule has 1 aliphatic heterocycles. The Bertz CT molecular complexity index is 231. The maximum absolute atomic E-state index is 12.8. The van der Waals surface area contributed by atoms with Crippen molar-refractivity contribution in [2.75, 3.05) is 13.1 Å². The maximum Gasteiger partial charge on any atom is 0.250 e. The summed E-state index contributed by atoms with van der Waals surface area (Å²) in [5, 5.41) is 0. The molecule has 1 aliphatic rings. The molecule has 0 spiro atoms. The van der Waals surface area contributed by atoms with Gasteiger partial charge in [0.15, 0.2) is 0 Å². The molecule has 1 rings (SSSR count). The summed E-state index contributed by atoms with van der Waals surface area (Å²) in [6, 6.07) is 0. The molecule has 1 saturated heterocycles. The van der Waals surface area contributed by atoms with Crippen LogP contribution in [0.3, 0.4) is 0 Å². The van der Waals surface area contributed by atoms with Crippen LogP contribution in [0, 0.1) is 0 Å². The third-order valence-electron chi connectivity index (χ3n) is 2.89. The van der Waals surface area contributed by atoms with Gasteiger partial charge in [-0.2, -0.15) is 0 Å². The first-order chi connectivity index (χ1) is 6.26. The number of carbonyl (C=O) groups is 1. The third-order valence-corrected chi connectivity index (χ3v) is 2.89. The largest absolute Gasteiger partial charge is 0.368 e. The van der Waals surface area contributed by atoms with Crippen LogP contribution in [0.4, 0.5) is 8.78 Å². The van der Waals surface area contributed by atoms with Gasteiger partial charge in [-0.05, 0) is 13.8 Å². The van der Waals surface area contributed by atoms with Crippen molar-refractivity contribution in [3.8, 4) is 0 Å². The number of amides is 1. The molecule has 1 amide bonds. The molecule has 0 aliphatic carbocycles. The fourth-order valence-corrected chi connectivity index (χ4v) is 1.55. The van der Waals surface area contributed by atoms with E-state index in [4.69, 9.17) is 5.73 Å². The van der Waals surface area contributed by atoms with Gasteiger partial charge in [0, 0.05) is 25.9 Å². The lowest BCUT2D eigenvalue weighted by Gasteiger charge is -2.40. The van der Waals surface area contributed by atoms with Crippen LogP contribution in [0.15, 0.2) is 0 Å². The number of piperidine rings is 1. The van der Waals surface area contributed by atoms with Gasteiger partial charge >= 0.3 is 0 Å². The number of nitrogens with two attached hydrogens (primary N) is 1. The lowest BCUT2D eigenvalue weighted by Crippen LogP contribution is -2.57. The lowest BCUT2D eigenvalue weighted by molar-refractivity contribution is -0.133. The highest BCUT2D eigenvalue weighted by molar-refractivity contribution is 5.83. The van der Waals surface area contributed by atoms with Crippen LogP contribution in [0.5, 0.6) is 0 Å². The monoisotopic (exact) mass is 206 g/mol. The molecule has 3 nitrogen and oxygen atoms in total. The van der Waals surface area contributed by atoms with Crippen molar-refractivity contribution in [3.05, 3.63) is 0 Å². The van der Waals surface area contributed by atoms with Gasteiger partial charge in [-0.15, -0.1) is 0 Å². The minimum absolute atomic E-state index is 0.191. The van der Waals surface area contributed by atoms with Crippen LogP contribution >= 0.6 is 0 Å². The Kier molecular flexibility index (Phi) is 2.81. The number of nitrogens with zero attached hydrogens (tertiary/aromatic N) is 1. The Hall–Kier alpha value is -0.710. The number of hydrogen-bond donors (Lipinski definition) is 1. The highest BCUT2D eigenvalue weighted by Crippen LogP contribution is 2.30. The third kappa shape index (κ3) is 2.20. The summed E-state index contributed by atoms with van der Waals surface area (Å²) < 4.78 is 25.6. The van der Waals surface area contributed by atoms with Crippen molar-refractivity contribution >= 4 is 5.91 Å². The van der Waals surface area contributed by atoms with Gasteiger partial charge in [0.1, 0.15) is 0 Å². The molecule has 82 valence electrons. The molecule has 0 saturated carbocycles. The summed E-state index contributed by atoms with van der Waals surface area (Å²) in [6.07, 6.45) is -0.382. The van der Waals surface area contributed by atoms with E-state index in [1.165, 1.54) is 0 Å². The van der Waals surface area contributed by atoms with E-state index in [1.54, 1.807) is 18.7 Å². The summed E-state index contributed by atoms with van der Waals surface area (Å²) in [5.74, 6) is -3.05. The molecule has 0 atom stereocenters. The number of halogens is 2. The Morgan fingerprint density at radius 2 is 1.79 bits per heavy atom. The summed E-state index contributed by atoms with van der Waals surface area (Å²) in [6.45, 7) is 3.78. The first-order valence-electron chi connectivity index (χ1n) is 4.68.